The Kier molecular flexibility index (Phi) is 1.83. The molecule has 2 fully saturated rings. The van der Waals surface area contributed by atoms with Crippen LogP contribution >= 0.6 is 0 Å². The SMILES string of the molecule is NC1CC[C@@H]2C(C(=O)O)[C@@H]2CC1. The second-order valence-electron chi connectivity index (χ2n) is 4.11. The van der Waals surface area contributed by atoms with Gasteiger partial charge in [-0.1, -0.05) is 0 Å². The first-order valence-corrected chi connectivity index (χ1v) is 4.68. The topological polar surface area (TPSA) is 63.3 Å². The second-order valence-corrected chi connectivity index (χ2v) is 4.11. The molecule has 0 saturated heterocycles. The van der Waals surface area contributed by atoms with E-state index < -0.39 is 5.97 Å². The minimum atomic E-state index is -0.597. The van der Waals surface area contributed by atoms with Gasteiger partial charge in [-0.25, -0.2) is 0 Å². The summed E-state index contributed by atoms with van der Waals surface area (Å²) in [6.45, 7) is 0. The monoisotopic (exact) mass is 169 g/mol. The fourth-order valence-electron chi connectivity index (χ4n) is 2.56. The van der Waals surface area contributed by atoms with Crippen LogP contribution < -0.4 is 5.73 Å². The summed E-state index contributed by atoms with van der Waals surface area (Å²) in [4.78, 5) is 10.7. The summed E-state index contributed by atoms with van der Waals surface area (Å²) < 4.78 is 0. The zero-order chi connectivity index (χ0) is 8.72. The maximum atomic E-state index is 10.7. The molecule has 0 aromatic rings. The van der Waals surface area contributed by atoms with Gasteiger partial charge >= 0.3 is 5.97 Å². The van der Waals surface area contributed by atoms with Crippen molar-refractivity contribution in [2.45, 2.75) is 31.7 Å². The first kappa shape index (κ1) is 8.05. The van der Waals surface area contributed by atoms with Crippen LogP contribution in [0, 0.1) is 17.8 Å². The third-order valence-corrected chi connectivity index (χ3v) is 3.36. The summed E-state index contributed by atoms with van der Waals surface area (Å²) in [5, 5.41) is 8.81. The van der Waals surface area contributed by atoms with Crippen LogP contribution in [0.2, 0.25) is 0 Å². The van der Waals surface area contributed by atoms with Crippen LogP contribution in [0.15, 0.2) is 0 Å². The highest BCUT2D eigenvalue weighted by Gasteiger charge is 2.54. The average Bonchev–Trinajstić information content (AvgIpc) is 2.69. The Labute approximate surface area is 71.9 Å². The lowest BCUT2D eigenvalue weighted by Crippen LogP contribution is -2.19. The average molecular weight is 169 g/mol. The summed E-state index contributed by atoms with van der Waals surface area (Å²) in [7, 11) is 0. The van der Waals surface area contributed by atoms with Gasteiger partial charge in [-0.3, -0.25) is 4.79 Å². The van der Waals surface area contributed by atoms with Gasteiger partial charge in [0.25, 0.3) is 0 Å². The number of fused-ring (bicyclic) bond motifs is 1. The van der Waals surface area contributed by atoms with Crippen LogP contribution in [0.25, 0.3) is 0 Å². The van der Waals surface area contributed by atoms with E-state index in [0.29, 0.717) is 17.9 Å². The Balaban J connectivity index is 1.94. The number of carboxylic acid groups (broad SMARTS) is 1. The summed E-state index contributed by atoms with van der Waals surface area (Å²) in [6.07, 6.45) is 4.10. The Bertz CT molecular complexity index is 191. The number of hydrogen-bond donors (Lipinski definition) is 2. The van der Waals surface area contributed by atoms with Gasteiger partial charge in [0.15, 0.2) is 0 Å². The molecule has 0 spiro atoms. The van der Waals surface area contributed by atoms with E-state index in [0.717, 1.165) is 25.7 Å². The second kappa shape index (κ2) is 2.73. The predicted molar refractivity (Wildman–Crippen MR) is 44.5 cm³/mol. The third-order valence-electron chi connectivity index (χ3n) is 3.36. The molecule has 2 rings (SSSR count). The van der Waals surface area contributed by atoms with E-state index >= 15 is 0 Å². The van der Waals surface area contributed by atoms with E-state index in [1.807, 2.05) is 0 Å². The van der Waals surface area contributed by atoms with Crippen LogP contribution in [0.5, 0.6) is 0 Å². The van der Waals surface area contributed by atoms with E-state index in [2.05, 4.69) is 0 Å². The van der Waals surface area contributed by atoms with E-state index in [1.165, 1.54) is 0 Å². The number of nitrogens with two attached hydrogens (primary N) is 1. The molecule has 2 aliphatic carbocycles. The molecule has 0 amide bonds. The van der Waals surface area contributed by atoms with Gasteiger partial charge in [-0.05, 0) is 37.5 Å². The van der Waals surface area contributed by atoms with Gasteiger partial charge in [0.05, 0.1) is 5.92 Å². The first-order valence-electron chi connectivity index (χ1n) is 4.68. The highest BCUT2D eigenvalue weighted by Crippen LogP contribution is 2.53. The molecule has 12 heavy (non-hydrogen) atoms. The maximum absolute atomic E-state index is 10.7. The van der Waals surface area contributed by atoms with Crippen molar-refractivity contribution in [3.8, 4) is 0 Å². The number of aliphatic carboxylic acids is 1. The summed E-state index contributed by atoms with van der Waals surface area (Å²) in [5.41, 5.74) is 5.79. The van der Waals surface area contributed by atoms with Crippen molar-refractivity contribution >= 4 is 5.97 Å². The molecule has 3 N–H and O–H groups in total. The van der Waals surface area contributed by atoms with Gasteiger partial charge in [0.1, 0.15) is 0 Å². The molecule has 0 bridgehead atoms. The molecule has 0 aromatic heterocycles. The largest absolute Gasteiger partial charge is 0.481 e. The Morgan fingerprint density at radius 1 is 1.17 bits per heavy atom. The molecular formula is C9H15NO2. The molecule has 0 radical (unpaired) electrons. The fraction of sp³-hybridized carbons (Fsp3) is 0.889. The molecule has 0 aromatic carbocycles. The maximum Gasteiger partial charge on any atom is 0.307 e. The molecule has 3 nitrogen and oxygen atoms in total. The van der Waals surface area contributed by atoms with Crippen LogP contribution in [0.1, 0.15) is 25.7 Å². The Hall–Kier alpha value is -0.570. The number of rotatable bonds is 1. The molecule has 4 atom stereocenters. The number of carboxylic acids is 1. The zero-order valence-corrected chi connectivity index (χ0v) is 7.07. The standard InChI is InChI=1S/C9H15NO2/c10-5-1-3-6-7(4-2-5)8(6)9(11)12/h5-8H,1-4,10H2,(H,11,12)/t5?,6-,7+,8?. The molecule has 0 heterocycles. The van der Waals surface area contributed by atoms with Gasteiger partial charge in [-0.15, -0.1) is 0 Å². The molecule has 3 heteroatoms. The minimum absolute atomic E-state index is 0.0301. The number of hydrogen-bond acceptors (Lipinski definition) is 2. The number of carbonyl (C=O) groups is 1. The van der Waals surface area contributed by atoms with Crippen LogP contribution in [-0.2, 0) is 4.79 Å². The predicted octanol–water partition coefficient (Wildman–Crippen LogP) is 0.834. The van der Waals surface area contributed by atoms with Crippen molar-refractivity contribution in [1.29, 1.82) is 0 Å². The molecule has 2 unspecified atom stereocenters. The van der Waals surface area contributed by atoms with Crippen LogP contribution in [0.4, 0.5) is 0 Å². The molecule has 2 aliphatic rings. The zero-order valence-electron chi connectivity index (χ0n) is 7.07. The lowest BCUT2D eigenvalue weighted by Gasteiger charge is -2.07. The lowest BCUT2D eigenvalue weighted by molar-refractivity contribution is -0.139. The summed E-state index contributed by atoms with van der Waals surface area (Å²) in [6, 6.07) is 0.326. The van der Waals surface area contributed by atoms with E-state index in [-0.39, 0.29) is 5.92 Å². The molecule has 0 aliphatic heterocycles. The Morgan fingerprint density at radius 2 is 1.67 bits per heavy atom. The van der Waals surface area contributed by atoms with Crippen molar-refractivity contribution in [3.63, 3.8) is 0 Å². The van der Waals surface area contributed by atoms with Gasteiger partial charge in [0.2, 0.25) is 0 Å². The van der Waals surface area contributed by atoms with E-state index in [1.54, 1.807) is 0 Å². The molecular weight excluding hydrogens is 154 g/mol. The van der Waals surface area contributed by atoms with Crippen molar-refractivity contribution < 1.29 is 9.90 Å². The summed E-state index contributed by atoms with van der Waals surface area (Å²) >= 11 is 0. The van der Waals surface area contributed by atoms with Crippen LogP contribution in [0.3, 0.4) is 0 Å². The van der Waals surface area contributed by atoms with Crippen molar-refractivity contribution in [2.24, 2.45) is 23.5 Å². The van der Waals surface area contributed by atoms with E-state index in [9.17, 15) is 4.79 Å². The van der Waals surface area contributed by atoms with E-state index in [4.69, 9.17) is 10.8 Å². The highest BCUT2D eigenvalue weighted by molar-refractivity contribution is 5.74. The molecule has 68 valence electrons. The normalized spacial score (nSPS) is 46.1. The highest BCUT2D eigenvalue weighted by atomic mass is 16.4. The van der Waals surface area contributed by atoms with Crippen molar-refractivity contribution in [2.75, 3.05) is 0 Å². The lowest BCUT2D eigenvalue weighted by atomic mass is 10.1. The van der Waals surface area contributed by atoms with Gasteiger partial charge in [-0.2, -0.15) is 0 Å². The minimum Gasteiger partial charge on any atom is -0.481 e. The fourth-order valence-corrected chi connectivity index (χ4v) is 2.56. The first-order chi connectivity index (χ1) is 5.70. The van der Waals surface area contributed by atoms with Gasteiger partial charge in [0, 0.05) is 6.04 Å². The van der Waals surface area contributed by atoms with Gasteiger partial charge < -0.3 is 10.8 Å². The van der Waals surface area contributed by atoms with Crippen LogP contribution in [-0.4, -0.2) is 17.1 Å². The third kappa shape index (κ3) is 1.22. The molecule has 2 saturated carbocycles. The van der Waals surface area contributed by atoms with Crippen molar-refractivity contribution in [3.05, 3.63) is 0 Å². The summed E-state index contributed by atoms with van der Waals surface area (Å²) in [5.74, 6) is 0.282. The smallest absolute Gasteiger partial charge is 0.307 e. The quantitative estimate of drug-likeness (QED) is 0.611. The van der Waals surface area contributed by atoms with Crippen molar-refractivity contribution in [1.82, 2.24) is 0 Å². The Morgan fingerprint density at radius 3 is 2.08 bits per heavy atom.